The van der Waals surface area contributed by atoms with E-state index in [1.807, 2.05) is 11.5 Å². The standard InChI is InChI=1S/C13H17FN4/c1-3-18-9-16-17-13(18)8-15-10(2)11-4-6-12(14)7-5-11/h4-7,9-10,15H,3,8H2,1-2H3. The molecule has 1 unspecified atom stereocenters. The molecular formula is C13H17FN4. The smallest absolute Gasteiger partial charge is 0.146 e. The van der Waals surface area contributed by atoms with Gasteiger partial charge in [-0.3, -0.25) is 0 Å². The highest BCUT2D eigenvalue weighted by Gasteiger charge is 2.07. The molecule has 0 aliphatic carbocycles. The summed E-state index contributed by atoms with van der Waals surface area (Å²) in [7, 11) is 0. The normalized spacial score (nSPS) is 12.6. The van der Waals surface area contributed by atoms with Crippen molar-refractivity contribution in [2.75, 3.05) is 0 Å². The lowest BCUT2D eigenvalue weighted by atomic mass is 10.1. The maximum Gasteiger partial charge on any atom is 0.146 e. The summed E-state index contributed by atoms with van der Waals surface area (Å²) in [4.78, 5) is 0. The number of aromatic nitrogens is 3. The van der Waals surface area contributed by atoms with Crippen LogP contribution in [0.25, 0.3) is 0 Å². The van der Waals surface area contributed by atoms with Crippen LogP contribution in [0.2, 0.25) is 0 Å². The van der Waals surface area contributed by atoms with E-state index >= 15 is 0 Å². The molecule has 0 fully saturated rings. The molecule has 1 heterocycles. The number of halogens is 1. The molecule has 1 atom stereocenters. The minimum Gasteiger partial charge on any atom is -0.317 e. The van der Waals surface area contributed by atoms with Gasteiger partial charge in [0.1, 0.15) is 18.0 Å². The topological polar surface area (TPSA) is 42.7 Å². The van der Waals surface area contributed by atoms with Crippen molar-refractivity contribution in [1.29, 1.82) is 0 Å². The Labute approximate surface area is 106 Å². The molecule has 2 rings (SSSR count). The van der Waals surface area contributed by atoms with Crippen molar-refractivity contribution in [1.82, 2.24) is 20.1 Å². The summed E-state index contributed by atoms with van der Waals surface area (Å²) in [6.07, 6.45) is 1.72. The van der Waals surface area contributed by atoms with Crippen LogP contribution in [0.3, 0.4) is 0 Å². The van der Waals surface area contributed by atoms with Gasteiger partial charge in [0, 0.05) is 12.6 Å². The molecule has 0 saturated carbocycles. The van der Waals surface area contributed by atoms with Gasteiger partial charge in [-0.05, 0) is 31.5 Å². The SMILES string of the molecule is CCn1cnnc1CNC(C)c1ccc(F)cc1. The van der Waals surface area contributed by atoms with Gasteiger partial charge >= 0.3 is 0 Å². The Hall–Kier alpha value is -1.75. The Morgan fingerprint density at radius 2 is 2.06 bits per heavy atom. The highest BCUT2D eigenvalue weighted by atomic mass is 19.1. The molecule has 0 saturated heterocycles. The van der Waals surface area contributed by atoms with E-state index in [2.05, 4.69) is 22.4 Å². The van der Waals surface area contributed by atoms with Gasteiger partial charge < -0.3 is 9.88 Å². The number of aryl methyl sites for hydroxylation is 1. The molecule has 1 aromatic heterocycles. The summed E-state index contributed by atoms with van der Waals surface area (Å²) in [5.41, 5.74) is 1.05. The third-order valence-corrected chi connectivity index (χ3v) is 2.97. The largest absolute Gasteiger partial charge is 0.317 e. The maximum absolute atomic E-state index is 12.8. The highest BCUT2D eigenvalue weighted by Crippen LogP contribution is 2.13. The van der Waals surface area contributed by atoms with Gasteiger partial charge in [0.15, 0.2) is 0 Å². The molecule has 1 aromatic carbocycles. The Morgan fingerprint density at radius 1 is 1.33 bits per heavy atom. The Kier molecular flexibility index (Phi) is 4.04. The summed E-state index contributed by atoms with van der Waals surface area (Å²) in [6, 6.07) is 6.67. The van der Waals surface area contributed by atoms with E-state index in [0.717, 1.165) is 17.9 Å². The third kappa shape index (κ3) is 2.92. The van der Waals surface area contributed by atoms with Crippen LogP contribution in [-0.4, -0.2) is 14.8 Å². The monoisotopic (exact) mass is 248 g/mol. The molecule has 0 spiro atoms. The van der Waals surface area contributed by atoms with E-state index in [9.17, 15) is 4.39 Å². The van der Waals surface area contributed by atoms with Crippen LogP contribution in [0.1, 0.15) is 31.3 Å². The molecule has 0 bridgehead atoms. The first-order chi connectivity index (χ1) is 8.70. The summed E-state index contributed by atoms with van der Waals surface area (Å²) in [6.45, 7) is 5.59. The summed E-state index contributed by atoms with van der Waals surface area (Å²) >= 11 is 0. The van der Waals surface area contributed by atoms with Crippen LogP contribution in [0.4, 0.5) is 4.39 Å². The van der Waals surface area contributed by atoms with Crippen molar-refractivity contribution in [3.8, 4) is 0 Å². The van der Waals surface area contributed by atoms with Gasteiger partial charge in [0.05, 0.1) is 6.54 Å². The molecule has 2 aromatic rings. The fourth-order valence-corrected chi connectivity index (χ4v) is 1.79. The number of benzene rings is 1. The summed E-state index contributed by atoms with van der Waals surface area (Å²) in [5, 5.41) is 11.3. The minimum absolute atomic E-state index is 0.146. The molecule has 1 N–H and O–H groups in total. The molecule has 0 aliphatic heterocycles. The van der Waals surface area contributed by atoms with Crippen LogP contribution in [0.15, 0.2) is 30.6 Å². The van der Waals surface area contributed by atoms with Crippen LogP contribution < -0.4 is 5.32 Å². The van der Waals surface area contributed by atoms with Gasteiger partial charge in [-0.1, -0.05) is 12.1 Å². The number of hydrogen-bond donors (Lipinski definition) is 1. The van der Waals surface area contributed by atoms with E-state index in [1.165, 1.54) is 12.1 Å². The van der Waals surface area contributed by atoms with Crippen LogP contribution >= 0.6 is 0 Å². The van der Waals surface area contributed by atoms with Crippen molar-refractivity contribution in [3.05, 3.63) is 47.8 Å². The predicted octanol–water partition coefficient (Wildman–Crippen LogP) is 2.29. The fourth-order valence-electron chi connectivity index (χ4n) is 1.79. The Morgan fingerprint density at radius 3 is 2.72 bits per heavy atom. The minimum atomic E-state index is -0.211. The van der Waals surface area contributed by atoms with Crippen molar-refractivity contribution in [3.63, 3.8) is 0 Å². The zero-order valence-electron chi connectivity index (χ0n) is 10.6. The molecule has 96 valence electrons. The predicted molar refractivity (Wildman–Crippen MR) is 67.4 cm³/mol. The third-order valence-electron chi connectivity index (χ3n) is 2.97. The van der Waals surface area contributed by atoms with Crippen molar-refractivity contribution < 1.29 is 4.39 Å². The second-order valence-corrected chi connectivity index (χ2v) is 4.19. The molecule has 5 heteroatoms. The van der Waals surface area contributed by atoms with E-state index < -0.39 is 0 Å². The quantitative estimate of drug-likeness (QED) is 0.882. The Balaban J connectivity index is 1.96. The van der Waals surface area contributed by atoms with Gasteiger partial charge in [-0.2, -0.15) is 0 Å². The molecule has 0 radical (unpaired) electrons. The fraction of sp³-hybridized carbons (Fsp3) is 0.385. The first-order valence-corrected chi connectivity index (χ1v) is 6.06. The van der Waals surface area contributed by atoms with Gasteiger partial charge in [0.2, 0.25) is 0 Å². The highest BCUT2D eigenvalue weighted by molar-refractivity contribution is 5.19. The first-order valence-electron chi connectivity index (χ1n) is 6.06. The first kappa shape index (κ1) is 12.7. The van der Waals surface area contributed by atoms with Crippen molar-refractivity contribution in [2.45, 2.75) is 33.0 Å². The lowest BCUT2D eigenvalue weighted by Crippen LogP contribution is -2.20. The molecule has 0 aliphatic rings. The molecule has 18 heavy (non-hydrogen) atoms. The second kappa shape index (κ2) is 5.73. The van der Waals surface area contributed by atoms with Gasteiger partial charge in [-0.15, -0.1) is 10.2 Å². The Bertz CT molecular complexity index is 492. The van der Waals surface area contributed by atoms with Crippen LogP contribution in [0, 0.1) is 5.82 Å². The zero-order chi connectivity index (χ0) is 13.0. The van der Waals surface area contributed by atoms with E-state index in [1.54, 1.807) is 18.5 Å². The number of hydrogen-bond acceptors (Lipinski definition) is 3. The van der Waals surface area contributed by atoms with Crippen LogP contribution in [0.5, 0.6) is 0 Å². The molecule has 4 nitrogen and oxygen atoms in total. The van der Waals surface area contributed by atoms with Crippen molar-refractivity contribution >= 4 is 0 Å². The van der Waals surface area contributed by atoms with E-state index in [4.69, 9.17) is 0 Å². The van der Waals surface area contributed by atoms with Gasteiger partial charge in [-0.25, -0.2) is 4.39 Å². The maximum atomic E-state index is 12.8. The van der Waals surface area contributed by atoms with Crippen LogP contribution in [-0.2, 0) is 13.1 Å². The summed E-state index contributed by atoms with van der Waals surface area (Å²) < 4.78 is 14.8. The zero-order valence-corrected chi connectivity index (χ0v) is 10.6. The average molecular weight is 248 g/mol. The second-order valence-electron chi connectivity index (χ2n) is 4.19. The number of rotatable bonds is 5. The van der Waals surface area contributed by atoms with E-state index in [-0.39, 0.29) is 11.9 Å². The molecular weight excluding hydrogens is 231 g/mol. The number of nitrogens with zero attached hydrogens (tertiary/aromatic N) is 3. The van der Waals surface area contributed by atoms with Gasteiger partial charge in [0.25, 0.3) is 0 Å². The lowest BCUT2D eigenvalue weighted by molar-refractivity contribution is 0.538. The lowest BCUT2D eigenvalue weighted by Gasteiger charge is -2.14. The average Bonchev–Trinajstić information content (AvgIpc) is 2.84. The van der Waals surface area contributed by atoms with Crippen molar-refractivity contribution in [2.24, 2.45) is 0 Å². The van der Waals surface area contributed by atoms with E-state index in [0.29, 0.717) is 6.54 Å². The molecule has 0 amide bonds. The summed E-state index contributed by atoms with van der Waals surface area (Å²) in [5.74, 6) is 0.697. The number of nitrogens with one attached hydrogen (secondary N) is 1.